The SMILES string of the molecule is COCCNC(=O)c1c(NC(=O)CSc2ccc(Cl)cc2)sc2c1CCCC2. The molecule has 3 rings (SSSR count). The molecular formula is C20H23ClN2O3S2. The number of thiophene rings is 1. The number of ether oxygens (including phenoxy) is 1. The molecule has 0 spiro atoms. The van der Waals surface area contributed by atoms with Crippen LogP contribution in [0.1, 0.15) is 33.6 Å². The summed E-state index contributed by atoms with van der Waals surface area (Å²) in [5.41, 5.74) is 1.72. The Morgan fingerprint density at radius 3 is 2.71 bits per heavy atom. The molecule has 0 bridgehead atoms. The minimum absolute atomic E-state index is 0.121. The van der Waals surface area contributed by atoms with Gasteiger partial charge in [-0.05, 0) is 55.5 Å². The summed E-state index contributed by atoms with van der Waals surface area (Å²) in [6, 6.07) is 7.38. The van der Waals surface area contributed by atoms with Crippen molar-refractivity contribution in [2.45, 2.75) is 30.6 Å². The number of carbonyl (C=O) groups is 2. The Morgan fingerprint density at radius 2 is 1.96 bits per heavy atom. The summed E-state index contributed by atoms with van der Waals surface area (Å²) in [5, 5.41) is 7.17. The van der Waals surface area contributed by atoms with Crippen molar-refractivity contribution in [3.63, 3.8) is 0 Å². The van der Waals surface area contributed by atoms with Crippen LogP contribution >= 0.6 is 34.7 Å². The van der Waals surface area contributed by atoms with Gasteiger partial charge in [0.05, 0.1) is 17.9 Å². The van der Waals surface area contributed by atoms with Crippen molar-refractivity contribution >= 4 is 51.5 Å². The highest BCUT2D eigenvalue weighted by molar-refractivity contribution is 8.00. The predicted molar refractivity (Wildman–Crippen MR) is 116 cm³/mol. The maximum atomic E-state index is 12.7. The molecule has 1 aliphatic rings. The standard InChI is InChI=1S/C20H23ClN2O3S2/c1-26-11-10-22-19(25)18-15-4-2-3-5-16(15)28-20(18)23-17(24)12-27-14-8-6-13(21)7-9-14/h6-9H,2-5,10-12H2,1H3,(H,22,25)(H,23,24). The molecule has 2 aromatic rings. The van der Waals surface area contributed by atoms with Gasteiger partial charge in [-0.3, -0.25) is 9.59 Å². The van der Waals surface area contributed by atoms with Crippen LogP contribution in [0.25, 0.3) is 0 Å². The second kappa shape index (κ2) is 10.3. The molecule has 5 nitrogen and oxygen atoms in total. The van der Waals surface area contributed by atoms with Gasteiger partial charge in [-0.2, -0.15) is 0 Å². The molecule has 2 amide bonds. The lowest BCUT2D eigenvalue weighted by molar-refractivity contribution is -0.113. The van der Waals surface area contributed by atoms with Gasteiger partial charge in [0.2, 0.25) is 5.91 Å². The van der Waals surface area contributed by atoms with E-state index < -0.39 is 0 Å². The molecule has 0 fully saturated rings. The number of thioether (sulfide) groups is 1. The molecule has 8 heteroatoms. The Morgan fingerprint density at radius 1 is 1.21 bits per heavy atom. The first-order chi connectivity index (χ1) is 13.6. The maximum absolute atomic E-state index is 12.7. The van der Waals surface area contributed by atoms with Gasteiger partial charge in [-0.15, -0.1) is 23.1 Å². The van der Waals surface area contributed by atoms with Crippen molar-refractivity contribution in [2.75, 3.05) is 31.3 Å². The molecule has 0 aliphatic heterocycles. The van der Waals surface area contributed by atoms with E-state index in [-0.39, 0.29) is 17.6 Å². The normalized spacial score (nSPS) is 13.1. The number of halogens is 1. The third kappa shape index (κ3) is 5.50. The average molecular weight is 439 g/mol. The highest BCUT2D eigenvalue weighted by Gasteiger charge is 2.26. The highest BCUT2D eigenvalue weighted by Crippen LogP contribution is 2.38. The first-order valence-electron chi connectivity index (χ1n) is 9.18. The molecule has 0 atom stereocenters. The van der Waals surface area contributed by atoms with Crippen LogP contribution in [0, 0.1) is 0 Å². The smallest absolute Gasteiger partial charge is 0.254 e. The molecule has 150 valence electrons. The van der Waals surface area contributed by atoms with Crippen molar-refractivity contribution in [3.05, 3.63) is 45.3 Å². The molecule has 0 unspecified atom stereocenters. The van der Waals surface area contributed by atoms with Crippen LogP contribution in [0.2, 0.25) is 5.02 Å². The quantitative estimate of drug-likeness (QED) is 0.474. The molecule has 0 radical (unpaired) electrons. The number of hydrogen-bond acceptors (Lipinski definition) is 5. The first-order valence-corrected chi connectivity index (χ1v) is 11.4. The van der Waals surface area contributed by atoms with Gasteiger partial charge in [-0.1, -0.05) is 11.6 Å². The number of amides is 2. The number of anilines is 1. The number of nitrogens with one attached hydrogen (secondary N) is 2. The van der Waals surface area contributed by atoms with Crippen LogP contribution in [0.3, 0.4) is 0 Å². The van der Waals surface area contributed by atoms with E-state index in [1.807, 2.05) is 12.1 Å². The predicted octanol–water partition coefficient (Wildman–Crippen LogP) is 4.39. The fourth-order valence-corrected chi connectivity index (χ4v) is 5.22. The Bertz CT molecular complexity index is 837. The summed E-state index contributed by atoms with van der Waals surface area (Å²) in [6.45, 7) is 0.900. The van der Waals surface area contributed by atoms with Crippen molar-refractivity contribution < 1.29 is 14.3 Å². The van der Waals surface area contributed by atoms with E-state index in [0.29, 0.717) is 28.7 Å². The van der Waals surface area contributed by atoms with Crippen molar-refractivity contribution in [2.24, 2.45) is 0 Å². The van der Waals surface area contributed by atoms with Crippen molar-refractivity contribution in [1.82, 2.24) is 5.32 Å². The third-order valence-corrected chi connectivity index (χ3v) is 6.90. The van der Waals surface area contributed by atoms with Crippen LogP contribution in [0.4, 0.5) is 5.00 Å². The fraction of sp³-hybridized carbons (Fsp3) is 0.400. The summed E-state index contributed by atoms with van der Waals surface area (Å²) < 4.78 is 5.01. The van der Waals surface area contributed by atoms with Crippen molar-refractivity contribution in [3.8, 4) is 0 Å². The molecule has 1 aliphatic carbocycles. The number of fused-ring (bicyclic) bond motifs is 1. The Balaban J connectivity index is 1.69. The van der Waals surface area contributed by atoms with Gasteiger partial charge in [0.25, 0.3) is 5.91 Å². The Kier molecular flexibility index (Phi) is 7.79. The summed E-state index contributed by atoms with van der Waals surface area (Å²) in [6.07, 6.45) is 4.04. The number of benzene rings is 1. The zero-order valence-electron chi connectivity index (χ0n) is 15.7. The van der Waals surface area contributed by atoms with Crippen LogP contribution in [0.5, 0.6) is 0 Å². The van der Waals surface area contributed by atoms with Crippen LogP contribution in [-0.4, -0.2) is 37.8 Å². The lowest BCUT2D eigenvalue weighted by Gasteiger charge is -2.13. The lowest BCUT2D eigenvalue weighted by atomic mass is 9.95. The molecule has 0 saturated carbocycles. The van der Waals surface area contributed by atoms with Gasteiger partial charge in [0.15, 0.2) is 0 Å². The second-order valence-electron chi connectivity index (χ2n) is 6.45. The van der Waals surface area contributed by atoms with E-state index in [1.165, 1.54) is 28.0 Å². The lowest BCUT2D eigenvalue weighted by Crippen LogP contribution is -2.29. The minimum Gasteiger partial charge on any atom is -0.383 e. The fourth-order valence-electron chi connectivity index (χ4n) is 3.09. The molecule has 2 N–H and O–H groups in total. The third-order valence-electron chi connectivity index (χ3n) is 4.43. The molecule has 1 aromatic carbocycles. The van der Waals surface area contributed by atoms with Gasteiger partial charge < -0.3 is 15.4 Å². The molecule has 28 heavy (non-hydrogen) atoms. The number of carbonyl (C=O) groups excluding carboxylic acids is 2. The first kappa shape index (κ1) is 21.2. The van der Waals surface area contributed by atoms with Crippen LogP contribution in [0.15, 0.2) is 29.2 Å². The number of aryl methyl sites for hydroxylation is 1. The van der Waals surface area contributed by atoms with Crippen LogP contribution < -0.4 is 10.6 Å². The zero-order valence-corrected chi connectivity index (χ0v) is 18.1. The summed E-state index contributed by atoms with van der Waals surface area (Å²) >= 11 is 8.86. The average Bonchev–Trinajstić information content (AvgIpc) is 3.05. The van der Waals surface area contributed by atoms with Gasteiger partial charge in [0.1, 0.15) is 5.00 Å². The van der Waals surface area contributed by atoms with E-state index >= 15 is 0 Å². The summed E-state index contributed by atoms with van der Waals surface area (Å²) in [5.74, 6) is 0.0103. The van der Waals surface area contributed by atoms with Gasteiger partial charge in [0, 0.05) is 28.4 Å². The van der Waals surface area contributed by atoms with E-state index in [0.717, 1.165) is 36.1 Å². The van der Waals surface area contributed by atoms with E-state index in [2.05, 4.69) is 10.6 Å². The maximum Gasteiger partial charge on any atom is 0.254 e. The second-order valence-corrected chi connectivity index (χ2v) is 9.04. The largest absolute Gasteiger partial charge is 0.383 e. The van der Waals surface area contributed by atoms with Gasteiger partial charge >= 0.3 is 0 Å². The molecule has 1 aromatic heterocycles. The highest BCUT2D eigenvalue weighted by atomic mass is 35.5. The zero-order chi connectivity index (χ0) is 19.9. The molecule has 0 saturated heterocycles. The Hall–Kier alpha value is -1.54. The van der Waals surface area contributed by atoms with E-state index in [4.69, 9.17) is 16.3 Å². The van der Waals surface area contributed by atoms with Gasteiger partial charge in [-0.25, -0.2) is 0 Å². The van der Waals surface area contributed by atoms with Crippen molar-refractivity contribution in [1.29, 1.82) is 0 Å². The number of rotatable bonds is 8. The molecule has 1 heterocycles. The number of hydrogen-bond donors (Lipinski definition) is 2. The Labute approximate surface area is 178 Å². The molecular weight excluding hydrogens is 416 g/mol. The minimum atomic E-state index is -0.142. The summed E-state index contributed by atoms with van der Waals surface area (Å²) in [7, 11) is 1.60. The van der Waals surface area contributed by atoms with Crippen LogP contribution in [-0.2, 0) is 22.4 Å². The monoisotopic (exact) mass is 438 g/mol. The summed E-state index contributed by atoms with van der Waals surface area (Å²) in [4.78, 5) is 27.4. The van der Waals surface area contributed by atoms with E-state index in [1.54, 1.807) is 19.2 Å². The topological polar surface area (TPSA) is 67.4 Å². The van der Waals surface area contributed by atoms with E-state index in [9.17, 15) is 9.59 Å². The number of methoxy groups -OCH3 is 1.